The predicted molar refractivity (Wildman–Crippen MR) is 87.4 cm³/mol. The molecule has 1 aromatic carbocycles. The highest BCUT2D eigenvalue weighted by molar-refractivity contribution is 7.10. The fourth-order valence-electron chi connectivity index (χ4n) is 2.69. The number of anilines is 1. The molecule has 1 atom stereocenters. The van der Waals surface area contributed by atoms with E-state index in [4.69, 9.17) is 0 Å². The van der Waals surface area contributed by atoms with Crippen LogP contribution in [0.15, 0.2) is 54.0 Å². The van der Waals surface area contributed by atoms with Crippen molar-refractivity contribution in [1.29, 1.82) is 0 Å². The van der Waals surface area contributed by atoms with Gasteiger partial charge in [-0.2, -0.15) is 5.10 Å². The second kappa shape index (κ2) is 5.37. The number of benzene rings is 1. The molecule has 1 aliphatic carbocycles. The molecule has 0 bridgehead atoms. The number of rotatable bonds is 5. The van der Waals surface area contributed by atoms with Crippen molar-refractivity contribution >= 4 is 17.0 Å². The Hall–Kier alpha value is -2.07. The molecule has 1 saturated carbocycles. The van der Waals surface area contributed by atoms with Crippen LogP contribution in [0.5, 0.6) is 0 Å². The van der Waals surface area contributed by atoms with E-state index >= 15 is 0 Å². The van der Waals surface area contributed by atoms with Gasteiger partial charge in [0.2, 0.25) is 0 Å². The Bertz CT molecular complexity index is 699. The molecular formula is C17H17N3S. The Morgan fingerprint density at radius 1 is 1.19 bits per heavy atom. The van der Waals surface area contributed by atoms with Crippen molar-refractivity contribution in [1.82, 2.24) is 10.2 Å². The topological polar surface area (TPSA) is 40.7 Å². The lowest BCUT2D eigenvalue weighted by Crippen LogP contribution is -2.11. The summed E-state index contributed by atoms with van der Waals surface area (Å²) in [5.41, 5.74) is 3.39. The molecule has 1 fully saturated rings. The maximum absolute atomic E-state index is 4.02. The lowest BCUT2D eigenvalue weighted by molar-refractivity contribution is 0.691. The van der Waals surface area contributed by atoms with Crippen molar-refractivity contribution in [3.63, 3.8) is 0 Å². The van der Waals surface area contributed by atoms with Crippen molar-refractivity contribution < 1.29 is 0 Å². The van der Waals surface area contributed by atoms with E-state index in [2.05, 4.69) is 57.3 Å². The second-order valence-electron chi connectivity index (χ2n) is 5.53. The number of nitrogens with one attached hydrogen (secondary N) is 2. The molecule has 3 aromatic rings. The van der Waals surface area contributed by atoms with Gasteiger partial charge in [0.05, 0.1) is 11.7 Å². The molecule has 0 radical (unpaired) electrons. The Morgan fingerprint density at radius 3 is 2.86 bits per heavy atom. The Morgan fingerprint density at radius 2 is 2.14 bits per heavy atom. The maximum Gasteiger partial charge on any atom is 0.0650 e. The van der Waals surface area contributed by atoms with Crippen molar-refractivity contribution in [2.24, 2.45) is 5.92 Å². The molecule has 1 unspecified atom stereocenters. The molecule has 1 aliphatic rings. The smallest absolute Gasteiger partial charge is 0.0650 e. The van der Waals surface area contributed by atoms with Crippen molar-refractivity contribution in [2.45, 2.75) is 18.9 Å². The first-order valence-corrected chi connectivity index (χ1v) is 8.18. The van der Waals surface area contributed by atoms with Gasteiger partial charge in [-0.25, -0.2) is 0 Å². The summed E-state index contributed by atoms with van der Waals surface area (Å²) in [5, 5.41) is 12.9. The SMILES string of the molecule is c1cc(NC(c2cccs2)C2CC2)cc(-c2ccn[nH]2)c1. The van der Waals surface area contributed by atoms with Crippen LogP contribution in [-0.4, -0.2) is 10.2 Å². The average molecular weight is 295 g/mol. The number of hydrogen-bond donors (Lipinski definition) is 2. The van der Waals surface area contributed by atoms with Crippen molar-refractivity contribution in [3.05, 3.63) is 58.9 Å². The van der Waals surface area contributed by atoms with E-state index < -0.39 is 0 Å². The van der Waals surface area contributed by atoms with Gasteiger partial charge in [0.1, 0.15) is 0 Å². The first-order valence-electron chi connectivity index (χ1n) is 7.30. The summed E-state index contributed by atoms with van der Waals surface area (Å²) < 4.78 is 0. The first-order chi connectivity index (χ1) is 10.4. The first kappa shape index (κ1) is 12.7. The normalized spacial score (nSPS) is 15.8. The zero-order valence-corrected chi connectivity index (χ0v) is 12.4. The number of hydrogen-bond acceptors (Lipinski definition) is 3. The quantitative estimate of drug-likeness (QED) is 0.716. The molecule has 4 heteroatoms. The highest BCUT2D eigenvalue weighted by Gasteiger charge is 2.32. The molecule has 0 saturated heterocycles. The predicted octanol–water partition coefficient (Wildman–Crippen LogP) is 4.70. The summed E-state index contributed by atoms with van der Waals surface area (Å²) in [4.78, 5) is 1.43. The third kappa shape index (κ3) is 2.72. The third-order valence-electron chi connectivity index (χ3n) is 3.94. The van der Waals surface area contributed by atoms with E-state index in [1.165, 1.54) is 29.0 Å². The van der Waals surface area contributed by atoms with Crippen molar-refractivity contribution in [2.75, 3.05) is 5.32 Å². The maximum atomic E-state index is 4.02. The average Bonchev–Trinajstić information content (AvgIpc) is 3.01. The monoisotopic (exact) mass is 295 g/mol. The highest BCUT2D eigenvalue weighted by atomic mass is 32.1. The van der Waals surface area contributed by atoms with Gasteiger partial charge in [-0.15, -0.1) is 11.3 Å². The molecule has 3 nitrogen and oxygen atoms in total. The van der Waals surface area contributed by atoms with E-state index in [1.54, 1.807) is 6.20 Å². The fraction of sp³-hybridized carbons (Fsp3) is 0.235. The summed E-state index contributed by atoms with van der Waals surface area (Å²) in [6.45, 7) is 0. The van der Waals surface area contributed by atoms with Crippen LogP contribution in [0.3, 0.4) is 0 Å². The minimum Gasteiger partial charge on any atom is -0.377 e. The molecule has 0 aliphatic heterocycles. The van der Waals surface area contributed by atoms with Crippen molar-refractivity contribution in [3.8, 4) is 11.3 Å². The molecule has 4 rings (SSSR count). The molecule has 2 aromatic heterocycles. The molecule has 21 heavy (non-hydrogen) atoms. The van der Waals surface area contributed by atoms with E-state index in [0.29, 0.717) is 6.04 Å². The lowest BCUT2D eigenvalue weighted by Gasteiger charge is -2.18. The third-order valence-corrected chi connectivity index (χ3v) is 4.90. The van der Waals surface area contributed by atoms with Crippen LogP contribution in [0.2, 0.25) is 0 Å². The molecule has 106 valence electrons. The molecule has 0 spiro atoms. The Balaban J connectivity index is 1.60. The summed E-state index contributed by atoms with van der Waals surface area (Å²) in [7, 11) is 0. The minimum absolute atomic E-state index is 0.446. The second-order valence-corrected chi connectivity index (χ2v) is 6.51. The van der Waals surface area contributed by atoms with Gasteiger partial charge in [-0.3, -0.25) is 5.10 Å². The molecule has 0 amide bonds. The summed E-state index contributed by atoms with van der Waals surface area (Å²) in [6.07, 6.45) is 4.44. The van der Waals surface area contributed by atoms with E-state index in [9.17, 15) is 0 Å². The van der Waals surface area contributed by atoms with E-state index in [1.807, 2.05) is 17.4 Å². The number of H-pyrrole nitrogens is 1. The number of aromatic nitrogens is 2. The Kier molecular flexibility index (Phi) is 3.24. The van der Waals surface area contributed by atoms with Gasteiger partial charge in [0.15, 0.2) is 0 Å². The van der Waals surface area contributed by atoms with Crippen LogP contribution in [0.1, 0.15) is 23.8 Å². The number of thiophene rings is 1. The largest absolute Gasteiger partial charge is 0.377 e. The van der Waals surface area contributed by atoms with Crippen LogP contribution in [0.25, 0.3) is 11.3 Å². The fourth-order valence-corrected chi connectivity index (χ4v) is 3.56. The van der Waals surface area contributed by atoms with Crippen LogP contribution in [-0.2, 0) is 0 Å². The van der Waals surface area contributed by atoms with Gasteiger partial charge in [-0.1, -0.05) is 18.2 Å². The molecule has 2 N–H and O–H groups in total. The number of aromatic amines is 1. The number of nitrogens with zero attached hydrogens (tertiary/aromatic N) is 1. The highest BCUT2D eigenvalue weighted by Crippen LogP contribution is 2.44. The van der Waals surface area contributed by atoms with E-state index in [0.717, 1.165) is 11.6 Å². The van der Waals surface area contributed by atoms with Gasteiger partial charge in [0, 0.05) is 22.3 Å². The summed E-state index contributed by atoms with van der Waals surface area (Å²) >= 11 is 1.84. The van der Waals surface area contributed by atoms with Gasteiger partial charge < -0.3 is 5.32 Å². The molecular weight excluding hydrogens is 278 g/mol. The zero-order chi connectivity index (χ0) is 14.1. The standard InChI is InChI=1S/C17H17N3S/c1-3-13(15-8-9-18-20-15)11-14(4-1)19-17(12-6-7-12)16-5-2-10-21-16/h1-5,8-12,17,19H,6-7H2,(H,18,20). The summed E-state index contributed by atoms with van der Waals surface area (Å²) in [6, 6.07) is 15.3. The van der Waals surface area contributed by atoms with Crippen LogP contribution in [0.4, 0.5) is 5.69 Å². The zero-order valence-electron chi connectivity index (χ0n) is 11.6. The summed E-state index contributed by atoms with van der Waals surface area (Å²) in [5.74, 6) is 0.777. The van der Waals surface area contributed by atoms with Gasteiger partial charge in [-0.05, 0) is 48.4 Å². The Labute approximate surface area is 128 Å². The molecule has 2 heterocycles. The van der Waals surface area contributed by atoms with Gasteiger partial charge in [0.25, 0.3) is 0 Å². The van der Waals surface area contributed by atoms with Crippen LogP contribution >= 0.6 is 11.3 Å². The van der Waals surface area contributed by atoms with E-state index in [-0.39, 0.29) is 0 Å². The van der Waals surface area contributed by atoms with Crippen LogP contribution in [0, 0.1) is 5.92 Å². The lowest BCUT2D eigenvalue weighted by atomic mass is 10.1. The minimum atomic E-state index is 0.446. The van der Waals surface area contributed by atoms with Crippen LogP contribution < -0.4 is 5.32 Å². The van der Waals surface area contributed by atoms with Gasteiger partial charge >= 0.3 is 0 Å².